The Balaban J connectivity index is 2.15. The first-order valence-electron chi connectivity index (χ1n) is 6.67. The number of carbonyl (C=O) groups excluding carboxylic acids is 2. The van der Waals surface area contributed by atoms with Gasteiger partial charge in [0.15, 0.2) is 12.0 Å². The van der Waals surface area contributed by atoms with Crippen LogP contribution in [0, 0.1) is 5.82 Å². The Bertz CT molecular complexity index is 887. The van der Waals surface area contributed by atoms with Crippen molar-refractivity contribution in [3.63, 3.8) is 0 Å². The van der Waals surface area contributed by atoms with Gasteiger partial charge in [0.1, 0.15) is 11.5 Å². The van der Waals surface area contributed by atoms with Crippen molar-refractivity contribution in [2.45, 2.75) is 0 Å². The number of carbonyl (C=O) groups is 2. The summed E-state index contributed by atoms with van der Waals surface area (Å²) in [5, 5.41) is 7.74. The molecular weight excluding hydrogens is 299 g/mol. The average molecular weight is 310 g/mol. The molecule has 0 atom stereocenters. The lowest BCUT2D eigenvalue weighted by Crippen LogP contribution is -2.11. The van der Waals surface area contributed by atoms with Gasteiger partial charge in [0, 0.05) is 11.1 Å². The third kappa shape index (κ3) is 2.71. The number of aromatic nitrogens is 3. The van der Waals surface area contributed by atoms with Gasteiger partial charge in [-0.2, -0.15) is 0 Å². The molecule has 0 radical (unpaired) electrons. The summed E-state index contributed by atoms with van der Waals surface area (Å²) in [4.78, 5) is 22.3. The number of amides is 1. The third-order valence-electron chi connectivity index (χ3n) is 3.30. The molecule has 114 valence electrons. The van der Waals surface area contributed by atoms with E-state index in [1.54, 1.807) is 18.2 Å². The third-order valence-corrected chi connectivity index (χ3v) is 3.30. The Hall–Kier alpha value is -3.35. The number of primary amides is 1. The molecule has 23 heavy (non-hydrogen) atoms. The van der Waals surface area contributed by atoms with Gasteiger partial charge in [-0.15, -0.1) is 5.10 Å². The molecule has 1 heterocycles. The van der Waals surface area contributed by atoms with E-state index in [-0.39, 0.29) is 5.69 Å². The molecule has 0 aliphatic heterocycles. The quantitative estimate of drug-likeness (QED) is 0.746. The fourth-order valence-corrected chi connectivity index (χ4v) is 2.23. The van der Waals surface area contributed by atoms with Crippen molar-refractivity contribution in [2.24, 2.45) is 5.73 Å². The number of nitrogens with two attached hydrogens (primary N) is 1. The van der Waals surface area contributed by atoms with Gasteiger partial charge in [0.2, 0.25) is 5.91 Å². The summed E-state index contributed by atoms with van der Waals surface area (Å²) >= 11 is 0. The van der Waals surface area contributed by atoms with Crippen LogP contribution >= 0.6 is 0 Å². The van der Waals surface area contributed by atoms with Gasteiger partial charge < -0.3 is 5.73 Å². The minimum atomic E-state index is -0.547. The topological polar surface area (TPSA) is 90.9 Å². The van der Waals surface area contributed by atoms with Crippen molar-refractivity contribution in [3.05, 3.63) is 65.6 Å². The minimum absolute atomic E-state index is 0.0922. The molecule has 0 aliphatic carbocycles. The predicted molar refractivity (Wildman–Crippen MR) is 80.7 cm³/mol. The van der Waals surface area contributed by atoms with E-state index in [2.05, 4.69) is 10.3 Å². The smallest absolute Gasteiger partial charge is 0.248 e. The normalized spacial score (nSPS) is 10.5. The lowest BCUT2D eigenvalue weighted by molar-refractivity contribution is 0.1000. The largest absolute Gasteiger partial charge is 0.366 e. The Morgan fingerprint density at radius 1 is 1.17 bits per heavy atom. The maximum absolute atomic E-state index is 13.5. The lowest BCUT2D eigenvalue weighted by Gasteiger charge is -2.07. The molecule has 0 saturated heterocycles. The highest BCUT2D eigenvalue weighted by Gasteiger charge is 2.16. The van der Waals surface area contributed by atoms with Gasteiger partial charge in [-0.3, -0.25) is 9.59 Å². The molecule has 0 spiro atoms. The summed E-state index contributed by atoms with van der Waals surface area (Å²) in [6.07, 6.45) is 0.557. The van der Waals surface area contributed by atoms with Crippen molar-refractivity contribution in [3.8, 4) is 16.9 Å². The van der Waals surface area contributed by atoms with Crippen molar-refractivity contribution in [1.29, 1.82) is 0 Å². The first-order valence-corrected chi connectivity index (χ1v) is 6.67. The first-order chi connectivity index (χ1) is 11.1. The molecule has 1 amide bonds. The molecule has 2 N–H and O–H groups in total. The molecule has 3 rings (SSSR count). The van der Waals surface area contributed by atoms with Crippen molar-refractivity contribution >= 4 is 12.2 Å². The average Bonchev–Trinajstić information content (AvgIpc) is 2.99. The second-order valence-electron chi connectivity index (χ2n) is 4.77. The Labute approximate surface area is 130 Å². The zero-order valence-corrected chi connectivity index (χ0v) is 11.8. The number of hydrogen-bond acceptors (Lipinski definition) is 4. The molecule has 3 aromatic rings. The number of rotatable bonds is 4. The second kappa shape index (κ2) is 5.80. The van der Waals surface area contributed by atoms with E-state index in [0.29, 0.717) is 28.8 Å². The van der Waals surface area contributed by atoms with Crippen LogP contribution in [-0.2, 0) is 0 Å². The Morgan fingerprint density at radius 3 is 2.52 bits per heavy atom. The van der Waals surface area contributed by atoms with E-state index in [4.69, 9.17) is 5.73 Å². The van der Waals surface area contributed by atoms with E-state index in [9.17, 15) is 14.0 Å². The van der Waals surface area contributed by atoms with Crippen LogP contribution in [0.15, 0.2) is 48.5 Å². The monoisotopic (exact) mass is 310 g/mol. The van der Waals surface area contributed by atoms with Crippen LogP contribution in [0.4, 0.5) is 4.39 Å². The molecule has 0 aliphatic rings. The fourth-order valence-electron chi connectivity index (χ4n) is 2.23. The highest BCUT2D eigenvalue weighted by Crippen LogP contribution is 2.25. The fraction of sp³-hybridized carbons (Fsp3) is 0. The first kappa shape index (κ1) is 14.6. The molecule has 1 aromatic heterocycles. The molecule has 2 aromatic carbocycles. The maximum atomic E-state index is 13.5. The highest BCUT2D eigenvalue weighted by atomic mass is 19.1. The van der Waals surface area contributed by atoms with Crippen LogP contribution in [0.3, 0.4) is 0 Å². The zero-order valence-electron chi connectivity index (χ0n) is 11.8. The van der Waals surface area contributed by atoms with Crippen LogP contribution < -0.4 is 5.73 Å². The molecule has 7 heteroatoms. The number of aldehydes is 1. The van der Waals surface area contributed by atoms with Crippen LogP contribution in [0.2, 0.25) is 0 Å². The van der Waals surface area contributed by atoms with E-state index >= 15 is 0 Å². The van der Waals surface area contributed by atoms with Crippen LogP contribution in [0.5, 0.6) is 0 Å². The van der Waals surface area contributed by atoms with Gasteiger partial charge in [0.05, 0.1) is 5.69 Å². The summed E-state index contributed by atoms with van der Waals surface area (Å²) in [5.41, 5.74) is 7.04. The lowest BCUT2D eigenvalue weighted by atomic mass is 10.1. The van der Waals surface area contributed by atoms with E-state index < -0.39 is 11.7 Å². The van der Waals surface area contributed by atoms with Crippen LogP contribution in [-0.4, -0.2) is 27.2 Å². The highest BCUT2D eigenvalue weighted by molar-refractivity contribution is 5.93. The predicted octanol–water partition coefficient (Wildman–Crippen LogP) is 1.98. The van der Waals surface area contributed by atoms with E-state index in [1.807, 2.05) is 0 Å². The second-order valence-corrected chi connectivity index (χ2v) is 4.77. The Morgan fingerprint density at radius 2 is 1.91 bits per heavy atom. The van der Waals surface area contributed by atoms with Crippen molar-refractivity contribution < 1.29 is 14.0 Å². The summed E-state index contributed by atoms with van der Waals surface area (Å²) in [6.45, 7) is 0. The number of benzene rings is 2. The van der Waals surface area contributed by atoms with E-state index in [1.165, 1.54) is 35.0 Å². The number of halogens is 1. The molecule has 0 fully saturated rings. The van der Waals surface area contributed by atoms with Gasteiger partial charge >= 0.3 is 0 Å². The van der Waals surface area contributed by atoms with Crippen LogP contribution in [0.1, 0.15) is 20.8 Å². The van der Waals surface area contributed by atoms with Crippen molar-refractivity contribution in [1.82, 2.24) is 15.0 Å². The zero-order chi connectivity index (χ0) is 16.4. The maximum Gasteiger partial charge on any atom is 0.248 e. The standard InChI is InChI=1S/C16H11FN4O2/c17-12-3-1-2-11(8-12)15-14(9-22)19-20-21(15)13-6-4-10(5-7-13)16(18)23/h1-9H,(H2,18,23). The van der Waals surface area contributed by atoms with E-state index in [0.717, 1.165) is 0 Å². The number of hydrogen-bond donors (Lipinski definition) is 1. The molecule has 0 bridgehead atoms. The van der Waals surface area contributed by atoms with Crippen molar-refractivity contribution in [2.75, 3.05) is 0 Å². The van der Waals surface area contributed by atoms with Crippen LogP contribution in [0.25, 0.3) is 16.9 Å². The van der Waals surface area contributed by atoms with Gasteiger partial charge in [0.25, 0.3) is 0 Å². The minimum Gasteiger partial charge on any atom is -0.366 e. The summed E-state index contributed by atoms with van der Waals surface area (Å²) in [5.74, 6) is -0.981. The summed E-state index contributed by atoms with van der Waals surface area (Å²) in [7, 11) is 0. The number of nitrogens with zero attached hydrogens (tertiary/aromatic N) is 3. The van der Waals surface area contributed by atoms with Gasteiger partial charge in [-0.1, -0.05) is 17.3 Å². The molecule has 0 saturated carbocycles. The molecule has 0 unspecified atom stereocenters. The molecule has 6 nitrogen and oxygen atoms in total. The SMILES string of the molecule is NC(=O)c1ccc(-n2nnc(C=O)c2-c2cccc(F)c2)cc1. The summed E-state index contributed by atoms with van der Waals surface area (Å²) < 4.78 is 14.9. The Kier molecular flexibility index (Phi) is 3.68. The van der Waals surface area contributed by atoms with Gasteiger partial charge in [-0.25, -0.2) is 9.07 Å². The van der Waals surface area contributed by atoms with Gasteiger partial charge in [-0.05, 0) is 36.4 Å². The molecular formula is C16H11FN4O2. The summed E-state index contributed by atoms with van der Waals surface area (Å²) in [6, 6.07) is 12.1.